The second-order valence-corrected chi connectivity index (χ2v) is 5.14. The zero-order valence-electron chi connectivity index (χ0n) is 14.0. The summed E-state index contributed by atoms with van der Waals surface area (Å²) in [6, 6.07) is 8.30. The molecule has 7 heteroatoms. The van der Waals surface area contributed by atoms with Gasteiger partial charge in [-0.2, -0.15) is 0 Å². The molecule has 1 N–H and O–H groups in total. The Kier molecular flexibility index (Phi) is 6.56. The molecular formula is C18H19F2NO4. The lowest BCUT2D eigenvalue weighted by Gasteiger charge is -2.11. The molecule has 5 nitrogen and oxygen atoms in total. The summed E-state index contributed by atoms with van der Waals surface area (Å²) >= 11 is 0. The number of amides is 1. The second-order valence-electron chi connectivity index (χ2n) is 5.14. The SMILES string of the molecule is COc1ccc(OC)c(CCNC(=O)COc2ccc(F)cc2F)c1. The molecule has 134 valence electrons. The van der Waals surface area contributed by atoms with Crippen LogP contribution in [-0.4, -0.2) is 33.3 Å². The predicted molar refractivity (Wildman–Crippen MR) is 88.1 cm³/mol. The van der Waals surface area contributed by atoms with Crippen LogP contribution in [0.15, 0.2) is 36.4 Å². The molecule has 1 amide bonds. The maximum absolute atomic E-state index is 13.4. The van der Waals surface area contributed by atoms with E-state index >= 15 is 0 Å². The summed E-state index contributed by atoms with van der Waals surface area (Å²) in [4.78, 5) is 11.8. The first-order valence-electron chi connectivity index (χ1n) is 7.59. The molecule has 2 aromatic carbocycles. The highest BCUT2D eigenvalue weighted by Crippen LogP contribution is 2.24. The van der Waals surface area contributed by atoms with Crippen molar-refractivity contribution in [2.75, 3.05) is 27.4 Å². The number of hydrogen-bond donors (Lipinski definition) is 1. The molecule has 0 bridgehead atoms. The van der Waals surface area contributed by atoms with Crippen LogP contribution in [0.25, 0.3) is 0 Å². The van der Waals surface area contributed by atoms with Gasteiger partial charge in [0.2, 0.25) is 0 Å². The number of methoxy groups -OCH3 is 2. The Balaban J connectivity index is 1.82. The molecule has 0 unspecified atom stereocenters. The Morgan fingerprint density at radius 2 is 1.80 bits per heavy atom. The molecule has 25 heavy (non-hydrogen) atoms. The van der Waals surface area contributed by atoms with Gasteiger partial charge in [-0.05, 0) is 42.3 Å². The van der Waals surface area contributed by atoms with Gasteiger partial charge in [-0.15, -0.1) is 0 Å². The van der Waals surface area contributed by atoms with Crippen molar-refractivity contribution in [3.63, 3.8) is 0 Å². The van der Waals surface area contributed by atoms with E-state index in [0.29, 0.717) is 30.5 Å². The second kappa shape index (κ2) is 8.86. The third-order valence-corrected chi connectivity index (χ3v) is 3.46. The van der Waals surface area contributed by atoms with Crippen LogP contribution >= 0.6 is 0 Å². The van der Waals surface area contributed by atoms with Crippen molar-refractivity contribution >= 4 is 5.91 Å². The molecule has 0 heterocycles. The van der Waals surface area contributed by atoms with E-state index in [1.165, 1.54) is 0 Å². The van der Waals surface area contributed by atoms with Crippen LogP contribution in [0.2, 0.25) is 0 Å². The Labute approximate surface area is 144 Å². The lowest BCUT2D eigenvalue weighted by atomic mass is 10.1. The van der Waals surface area contributed by atoms with E-state index in [0.717, 1.165) is 17.7 Å². The van der Waals surface area contributed by atoms with Gasteiger partial charge in [0, 0.05) is 12.6 Å². The Bertz CT molecular complexity index is 737. The summed E-state index contributed by atoms with van der Waals surface area (Å²) in [6.07, 6.45) is 0.525. The van der Waals surface area contributed by atoms with Crippen LogP contribution in [-0.2, 0) is 11.2 Å². The van der Waals surface area contributed by atoms with Gasteiger partial charge < -0.3 is 19.5 Å². The van der Waals surface area contributed by atoms with E-state index in [1.54, 1.807) is 26.4 Å². The molecule has 0 radical (unpaired) electrons. The quantitative estimate of drug-likeness (QED) is 0.795. The van der Waals surface area contributed by atoms with Crippen LogP contribution in [0.4, 0.5) is 8.78 Å². The third-order valence-electron chi connectivity index (χ3n) is 3.46. The molecule has 0 fully saturated rings. The number of carbonyl (C=O) groups is 1. The summed E-state index contributed by atoms with van der Waals surface area (Å²) < 4.78 is 41.7. The number of carbonyl (C=O) groups excluding carboxylic acids is 1. The summed E-state index contributed by atoms with van der Waals surface area (Å²) in [7, 11) is 3.13. The molecule has 0 spiro atoms. The molecular weight excluding hydrogens is 332 g/mol. The van der Waals surface area contributed by atoms with Gasteiger partial charge in [0.1, 0.15) is 17.3 Å². The Morgan fingerprint density at radius 1 is 1.04 bits per heavy atom. The van der Waals surface area contributed by atoms with Crippen LogP contribution in [0.1, 0.15) is 5.56 Å². The van der Waals surface area contributed by atoms with Crippen LogP contribution in [0.5, 0.6) is 17.2 Å². The topological polar surface area (TPSA) is 56.8 Å². The van der Waals surface area contributed by atoms with Crippen LogP contribution in [0, 0.1) is 11.6 Å². The normalized spacial score (nSPS) is 10.2. The summed E-state index contributed by atoms with van der Waals surface area (Å²) in [5, 5.41) is 2.66. The molecule has 2 rings (SSSR count). The van der Waals surface area contributed by atoms with Gasteiger partial charge in [-0.3, -0.25) is 4.79 Å². The maximum Gasteiger partial charge on any atom is 0.257 e. The fraction of sp³-hybridized carbons (Fsp3) is 0.278. The molecule has 0 atom stereocenters. The monoisotopic (exact) mass is 351 g/mol. The van der Waals surface area contributed by atoms with Gasteiger partial charge in [-0.1, -0.05) is 0 Å². The minimum atomic E-state index is -0.853. The van der Waals surface area contributed by atoms with Crippen molar-refractivity contribution in [2.24, 2.45) is 0 Å². The lowest BCUT2D eigenvalue weighted by Crippen LogP contribution is -2.30. The van der Waals surface area contributed by atoms with Crippen molar-refractivity contribution in [3.05, 3.63) is 53.6 Å². The van der Waals surface area contributed by atoms with E-state index < -0.39 is 17.5 Å². The smallest absolute Gasteiger partial charge is 0.257 e. The Morgan fingerprint density at radius 3 is 2.48 bits per heavy atom. The van der Waals surface area contributed by atoms with Gasteiger partial charge in [-0.25, -0.2) is 8.78 Å². The van der Waals surface area contributed by atoms with Crippen LogP contribution < -0.4 is 19.5 Å². The Hall–Kier alpha value is -2.83. The first-order valence-corrected chi connectivity index (χ1v) is 7.59. The van der Waals surface area contributed by atoms with E-state index in [4.69, 9.17) is 14.2 Å². The maximum atomic E-state index is 13.4. The minimum absolute atomic E-state index is 0.175. The van der Waals surface area contributed by atoms with E-state index in [2.05, 4.69) is 5.32 Å². The molecule has 0 aliphatic rings. The molecule has 0 aliphatic carbocycles. The first kappa shape index (κ1) is 18.5. The van der Waals surface area contributed by atoms with Gasteiger partial charge in [0.25, 0.3) is 5.91 Å². The molecule has 0 aliphatic heterocycles. The zero-order valence-corrected chi connectivity index (χ0v) is 14.0. The molecule has 0 saturated carbocycles. The summed E-state index contributed by atoms with van der Waals surface area (Å²) in [5.41, 5.74) is 0.882. The fourth-order valence-electron chi connectivity index (χ4n) is 2.20. The average molecular weight is 351 g/mol. The highest BCUT2D eigenvalue weighted by molar-refractivity contribution is 5.77. The lowest BCUT2D eigenvalue weighted by molar-refractivity contribution is -0.123. The highest BCUT2D eigenvalue weighted by atomic mass is 19.1. The first-order chi connectivity index (χ1) is 12.0. The van der Waals surface area contributed by atoms with Gasteiger partial charge in [0.05, 0.1) is 14.2 Å². The third kappa shape index (κ3) is 5.34. The largest absolute Gasteiger partial charge is 0.497 e. The van der Waals surface area contributed by atoms with Crippen molar-refractivity contribution in [2.45, 2.75) is 6.42 Å². The minimum Gasteiger partial charge on any atom is -0.497 e. The highest BCUT2D eigenvalue weighted by Gasteiger charge is 2.09. The molecule has 2 aromatic rings. The van der Waals surface area contributed by atoms with Crippen molar-refractivity contribution in [1.29, 1.82) is 0 Å². The average Bonchev–Trinajstić information content (AvgIpc) is 2.60. The zero-order chi connectivity index (χ0) is 18.2. The number of rotatable bonds is 8. The van der Waals surface area contributed by atoms with E-state index in [9.17, 15) is 13.6 Å². The standard InChI is InChI=1S/C18H19F2NO4/c1-23-14-4-6-16(24-2)12(9-14)7-8-21-18(22)11-25-17-5-3-13(19)10-15(17)20/h3-6,9-10H,7-8,11H2,1-2H3,(H,21,22). The van der Waals surface area contributed by atoms with E-state index in [-0.39, 0.29) is 12.4 Å². The number of benzene rings is 2. The number of halogens is 2. The van der Waals surface area contributed by atoms with Crippen molar-refractivity contribution in [1.82, 2.24) is 5.32 Å². The molecule has 0 saturated heterocycles. The van der Waals surface area contributed by atoms with Crippen molar-refractivity contribution < 1.29 is 27.8 Å². The number of ether oxygens (including phenoxy) is 3. The number of hydrogen-bond acceptors (Lipinski definition) is 4. The van der Waals surface area contributed by atoms with E-state index in [1.807, 2.05) is 6.07 Å². The number of nitrogens with one attached hydrogen (secondary N) is 1. The summed E-state index contributed by atoms with van der Waals surface area (Å²) in [6.45, 7) is -0.0184. The van der Waals surface area contributed by atoms with Crippen LogP contribution in [0.3, 0.4) is 0 Å². The summed E-state index contributed by atoms with van der Waals surface area (Å²) in [5.74, 6) is -0.760. The predicted octanol–water partition coefficient (Wildman–Crippen LogP) is 2.72. The van der Waals surface area contributed by atoms with Gasteiger partial charge in [0.15, 0.2) is 18.2 Å². The molecule has 0 aromatic heterocycles. The van der Waals surface area contributed by atoms with Crippen molar-refractivity contribution in [3.8, 4) is 17.2 Å². The van der Waals surface area contributed by atoms with Gasteiger partial charge >= 0.3 is 0 Å². The fourth-order valence-corrected chi connectivity index (χ4v) is 2.20.